The molecule has 5 heteroatoms. The van der Waals surface area contributed by atoms with E-state index in [9.17, 15) is 14.7 Å². The smallest absolute Gasteiger partial charge is 0.321 e. The molecule has 4 rings (SSSR count). The van der Waals surface area contributed by atoms with Crippen molar-refractivity contribution in [2.75, 3.05) is 0 Å². The van der Waals surface area contributed by atoms with E-state index in [1.54, 1.807) is 0 Å². The molecule has 5 nitrogen and oxygen atoms in total. The number of hydrogen-bond acceptors (Lipinski definition) is 4. The minimum absolute atomic E-state index is 0.113. The van der Waals surface area contributed by atoms with Crippen LogP contribution < -0.4 is 5.32 Å². The van der Waals surface area contributed by atoms with E-state index in [1.165, 1.54) is 0 Å². The van der Waals surface area contributed by atoms with Crippen LogP contribution in [0.1, 0.15) is 55.2 Å². The Morgan fingerprint density at radius 1 is 0.794 bits per heavy atom. The predicted molar refractivity (Wildman–Crippen MR) is 131 cm³/mol. The van der Waals surface area contributed by atoms with E-state index in [0.29, 0.717) is 0 Å². The minimum atomic E-state index is -1.14. The topological polar surface area (TPSA) is 75.6 Å². The van der Waals surface area contributed by atoms with Gasteiger partial charge >= 0.3 is 11.9 Å². The number of rotatable bonds is 9. The number of carboxylic acid groups (broad SMARTS) is 1. The Balaban J connectivity index is 1.73. The standard InChI is InChI=1S/C29H31NO4/c31-27(34-25-19-11-4-12-20-25)21-26(28(32)33)30-29(22-13-5-1-6-14-22,23-15-7-2-8-16-23)24-17-9-3-10-18-24/h1-3,5-10,13-18,25-26,30H,4,11-12,19-21H2,(H,32,33)/t26-/m0/s1. The summed E-state index contributed by atoms with van der Waals surface area (Å²) in [5.41, 5.74) is 1.69. The molecule has 1 fully saturated rings. The van der Waals surface area contributed by atoms with Gasteiger partial charge in [0, 0.05) is 0 Å². The maximum absolute atomic E-state index is 12.8. The van der Waals surface area contributed by atoms with Gasteiger partial charge in [0.2, 0.25) is 0 Å². The normalized spacial score (nSPS) is 15.4. The highest BCUT2D eigenvalue weighted by Crippen LogP contribution is 2.37. The van der Waals surface area contributed by atoms with E-state index >= 15 is 0 Å². The van der Waals surface area contributed by atoms with Crippen LogP contribution in [0.15, 0.2) is 91.0 Å². The highest BCUT2D eigenvalue weighted by Gasteiger charge is 2.40. The summed E-state index contributed by atoms with van der Waals surface area (Å²) in [7, 11) is 0. The van der Waals surface area contributed by atoms with Crippen molar-refractivity contribution >= 4 is 11.9 Å². The molecule has 0 heterocycles. The molecular weight excluding hydrogens is 426 g/mol. The van der Waals surface area contributed by atoms with Crippen molar-refractivity contribution in [2.45, 2.75) is 56.2 Å². The van der Waals surface area contributed by atoms with Crippen LogP contribution in [0.3, 0.4) is 0 Å². The first-order valence-electron chi connectivity index (χ1n) is 12.0. The molecule has 0 radical (unpaired) electrons. The zero-order valence-corrected chi connectivity index (χ0v) is 19.2. The van der Waals surface area contributed by atoms with Crippen molar-refractivity contribution in [3.8, 4) is 0 Å². The van der Waals surface area contributed by atoms with Crippen LogP contribution in [-0.4, -0.2) is 29.2 Å². The van der Waals surface area contributed by atoms with Crippen LogP contribution in [0.4, 0.5) is 0 Å². The summed E-state index contributed by atoms with van der Waals surface area (Å²) < 4.78 is 5.66. The zero-order valence-electron chi connectivity index (χ0n) is 19.2. The molecule has 0 spiro atoms. The van der Waals surface area contributed by atoms with Gasteiger partial charge in [-0.3, -0.25) is 14.9 Å². The second-order valence-corrected chi connectivity index (χ2v) is 8.84. The zero-order chi connectivity index (χ0) is 23.8. The lowest BCUT2D eigenvalue weighted by atomic mass is 9.76. The molecule has 0 bridgehead atoms. The number of carbonyl (C=O) groups excluding carboxylic acids is 1. The average Bonchev–Trinajstić information content (AvgIpc) is 2.88. The maximum atomic E-state index is 12.8. The minimum Gasteiger partial charge on any atom is -0.480 e. The molecule has 0 amide bonds. The Hall–Kier alpha value is -3.44. The van der Waals surface area contributed by atoms with Crippen LogP contribution in [-0.2, 0) is 19.9 Å². The average molecular weight is 458 g/mol. The Bertz CT molecular complexity index is 966. The number of hydrogen-bond donors (Lipinski definition) is 2. The first kappa shape index (κ1) is 23.7. The fourth-order valence-corrected chi connectivity index (χ4v) is 4.86. The van der Waals surface area contributed by atoms with Crippen molar-refractivity contribution in [1.82, 2.24) is 5.32 Å². The molecule has 0 aromatic heterocycles. The van der Waals surface area contributed by atoms with Gasteiger partial charge in [-0.1, -0.05) is 97.4 Å². The summed E-state index contributed by atoms with van der Waals surface area (Å²) in [5, 5.41) is 13.5. The van der Waals surface area contributed by atoms with Gasteiger partial charge < -0.3 is 9.84 Å². The highest BCUT2D eigenvalue weighted by molar-refractivity contribution is 5.82. The van der Waals surface area contributed by atoms with Crippen LogP contribution >= 0.6 is 0 Å². The molecule has 1 aliphatic rings. The van der Waals surface area contributed by atoms with Gasteiger partial charge in [0.1, 0.15) is 12.1 Å². The Labute approximate surface area is 200 Å². The van der Waals surface area contributed by atoms with Crippen molar-refractivity contribution < 1.29 is 19.4 Å². The van der Waals surface area contributed by atoms with Crippen LogP contribution in [0.5, 0.6) is 0 Å². The number of nitrogens with one attached hydrogen (secondary N) is 1. The van der Waals surface area contributed by atoms with Crippen molar-refractivity contribution in [3.63, 3.8) is 0 Å². The fraction of sp³-hybridized carbons (Fsp3) is 0.310. The Kier molecular flexibility index (Phi) is 7.76. The first-order valence-corrected chi connectivity index (χ1v) is 12.0. The van der Waals surface area contributed by atoms with Crippen LogP contribution in [0, 0.1) is 0 Å². The number of carboxylic acids is 1. The third-order valence-electron chi connectivity index (χ3n) is 6.53. The largest absolute Gasteiger partial charge is 0.480 e. The summed E-state index contributed by atoms with van der Waals surface area (Å²) in [6, 6.07) is 28.1. The molecule has 3 aromatic rings. The fourth-order valence-electron chi connectivity index (χ4n) is 4.86. The third-order valence-corrected chi connectivity index (χ3v) is 6.53. The van der Waals surface area contributed by atoms with Crippen LogP contribution in [0.25, 0.3) is 0 Å². The molecule has 1 saturated carbocycles. The number of carbonyl (C=O) groups is 2. The van der Waals surface area contributed by atoms with Crippen molar-refractivity contribution in [3.05, 3.63) is 108 Å². The van der Waals surface area contributed by atoms with Gasteiger partial charge in [-0.2, -0.15) is 0 Å². The van der Waals surface area contributed by atoms with Gasteiger partial charge in [-0.25, -0.2) is 0 Å². The molecule has 0 unspecified atom stereocenters. The third kappa shape index (κ3) is 5.37. The van der Waals surface area contributed by atoms with Crippen molar-refractivity contribution in [2.24, 2.45) is 0 Å². The van der Waals surface area contributed by atoms with E-state index in [4.69, 9.17) is 4.74 Å². The second kappa shape index (κ2) is 11.1. The Morgan fingerprint density at radius 2 is 1.24 bits per heavy atom. The van der Waals surface area contributed by atoms with Gasteiger partial charge in [0.05, 0.1) is 12.0 Å². The van der Waals surface area contributed by atoms with E-state index in [2.05, 4.69) is 5.32 Å². The highest BCUT2D eigenvalue weighted by atomic mass is 16.5. The summed E-state index contributed by atoms with van der Waals surface area (Å²) in [6.07, 6.45) is 4.56. The number of esters is 1. The molecule has 0 saturated heterocycles. The molecule has 0 aliphatic heterocycles. The molecule has 3 aromatic carbocycles. The molecule has 1 aliphatic carbocycles. The molecular formula is C29H31NO4. The summed E-state index contributed by atoms with van der Waals surface area (Å²) in [6.45, 7) is 0. The van der Waals surface area contributed by atoms with E-state index in [0.717, 1.165) is 48.8 Å². The lowest BCUT2D eigenvalue weighted by Crippen LogP contribution is -2.53. The Morgan fingerprint density at radius 3 is 1.65 bits per heavy atom. The van der Waals surface area contributed by atoms with E-state index in [1.807, 2.05) is 91.0 Å². The first-order chi connectivity index (χ1) is 16.6. The van der Waals surface area contributed by atoms with E-state index in [-0.39, 0.29) is 12.5 Å². The summed E-state index contributed by atoms with van der Waals surface area (Å²) >= 11 is 0. The molecule has 176 valence electrons. The second-order valence-electron chi connectivity index (χ2n) is 8.84. The predicted octanol–water partition coefficient (Wildman–Crippen LogP) is 5.29. The lowest BCUT2D eigenvalue weighted by Gasteiger charge is -2.39. The van der Waals surface area contributed by atoms with Gasteiger partial charge in [-0.05, 0) is 42.4 Å². The van der Waals surface area contributed by atoms with Crippen molar-refractivity contribution in [1.29, 1.82) is 0 Å². The summed E-state index contributed by atoms with van der Waals surface area (Å²) in [4.78, 5) is 25.2. The van der Waals surface area contributed by atoms with Gasteiger partial charge in [0.15, 0.2) is 0 Å². The molecule has 34 heavy (non-hydrogen) atoms. The number of ether oxygens (including phenoxy) is 1. The maximum Gasteiger partial charge on any atom is 0.321 e. The monoisotopic (exact) mass is 457 g/mol. The van der Waals surface area contributed by atoms with Gasteiger partial charge in [-0.15, -0.1) is 0 Å². The van der Waals surface area contributed by atoms with Crippen LogP contribution in [0.2, 0.25) is 0 Å². The molecule has 1 atom stereocenters. The number of benzene rings is 3. The molecule has 2 N–H and O–H groups in total. The summed E-state index contributed by atoms with van der Waals surface area (Å²) in [5.74, 6) is -1.57. The van der Waals surface area contributed by atoms with Gasteiger partial charge in [0.25, 0.3) is 0 Å². The SMILES string of the molecule is O=C(C[C@H](NC(c1ccccc1)(c1ccccc1)c1ccccc1)C(=O)O)OC1CCCCC1. The van der Waals surface area contributed by atoms with E-state index < -0.39 is 23.5 Å². The lowest BCUT2D eigenvalue weighted by molar-refractivity contribution is -0.155. The quantitative estimate of drug-likeness (QED) is 0.337. The number of aliphatic carboxylic acids is 1.